The van der Waals surface area contributed by atoms with E-state index in [0.29, 0.717) is 0 Å². The maximum Gasteiger partial charge on any atom is 0.0620 e. The van der Waals surface area contributed by atoms with Crippen molar-refractivity contribution in [1.82, 2.24) is 4.40 Å². The molecular formula is C60H40N2. The summed E-state index contributed by atoms with van der Waals surface area (Å²) in [5, 5.41) is 5.15. The summed E-state index contributed by atoms with van der Waals surface area (Å²) in [6.45, 7) is 0. The molecule has 0 saturated heterocycles. The van der Waals surface area contributed by atoms with E-state index in [1.807, 2.05) is 0 Å². The lowest BCUT2D eigenvalue weighted by molar-refractivity contribution is 1.28. The number of nitrogens with zero attached hydrogens (tertiary/aromatic N) is 2. The Morgan fingerprint density at radius 1 is 0.258 bits per heavy atom. The van der Waals surface area contributed by atoms with Gasteiger partial charge in [0.05, 0.1) is 22.2 Å². The summed E-state index contributed by atoms with van der Waals surface area (Å²) in [4.78, 5) is 2.38. The molecule has 62 heavy (non-hydrogen) atoms. The largest absolute Gasteiger partial charge is 0.310 e. The summed E-state index contributed by atoms with van der Waals surface area (Å²) < 4.78 is 2.46. The number of benzene rings is 10. The van der Waals surface area contributed by atoms with Crippen LogP contribution in [0.15, 0.2) is 243 Å². The highest BCUT2D eigenvalue weighted by molar-refractivity contribution is 6.24. The second kappa shape index (κ2) is 14.8. The van der Waals surface area contributed by atoms with Crippen molar-refractivity contribution in [2.45, 2.75) is 0 Å². The second-order valence-corrected chi connectivity index (χ2v) is 16.1. The zero-order valence-electron chi connectivity index (χ0n) is 34.0. The fourth-order valence-electron chi connectivity index (χ4n) is 9.52. The van der Waals surface area contributed by atoms with Gasteiger partial charge < -0.3 is 9.30 Å². The smallest absolute Gasteiger partial charge is 0.0620 e. The van der Waals surface area contributed by atoms with E-state index in [1.54, 1.807) is 0 Å². The molecule has 10 aromatic carbocycles. The minimum absolute atomic E-state index is 1.10. The Labute approximate surface area is 361 Å². The molecule has 0 amide bonds. The van der Waals surface area contributed by atoms with Crippen molar-refractivity contribution in [3.63, 3.8) is 0 Å². The van der Waals surface area contributed by atoms with Gasteiger partial charge in [-0.2, -0.15) is 0 Å². The SMILES string of the molecule is c1ccc(-c2ccc(N(c3ccc(-c4ccccc4)cc3)c3ccccc3-c3ccc(-c4ccc5c(c4)c4cccc6c7cc(-c8ccccc8)ccc7n5c64)cc3)cc2)cc1. The first kappa shape index (κ1) is 35.7. The Hall–Kier alpha value is -8.20. The average Bonchev–Trinajstić information content (AvgIpc) is 3.87. The third-order valence-electron chi connectivity index (χ3n) is 12.6. The van der Waals surface area contributed by atoms with Crippen LogP contribution >= 0.6 is 0 Å². The molecule has 0 N–H and O–H groups in total. The summed E-state index contributed by atoms with van der Waals surface area (Å²) >= 11 is 0. The maximum absolute atomic E-state index is 2.46. The molecule has 12 rings (SSSR count). The van der Waals surface area contributed by atoms with Gasteiger partial charge >= 0.3 is 0 Å². The normalized spacial score (nSPS) is 11.5. The molecule has 0 aliphatic carbocycles. The van der Waals surface area contributed by atoms with Crippen molar-refractivity contribution in [3.05, 3.63) is 243 Å². The van der Waals surface area contributed by atoms with Gasteiger partial charge in [0, 0.05) is 38.5 Å². The van der Waals surface area contributed by atoms with Crippen LogP contribution in [0.5, 0.6) is 0 Å². The summed E-state index contributed by atoms with van der Waals surface area (Å²) in [6.07, 6.45) is 0. The van der Waals surface area contributed by atoms with Gasteiger partial charge in [-0.15, -0.1) is 0 Å². The van der Waals surface area contributed by atoms with E-state index in [1.165, 1.54) is 93.7 Å². The highest BCUT2D eigenvalue weighted by Crippen LogP contribution is 2.44. The summed E-state index contributed by atoms with van der Waals surface area (Å²) in [5.74, 6) is 0. The minimum Gasteiger partial charge on any atom is -0.310 e. The molecule has 2 nitrogen and oxygen atoms in total. The predicted octanol–water partition coefficient (Wildman–Crippen LogP) is 16.6. The fourth-order valence-corrected chi connectivity index (χ4v) is 9.52. The number of anilines is 3. The van der Waals surface area contributed by atoms with Crippen LogP contribution in [0.25, 0.3) is 93.7 Å². The van der Waals surface area contributed by atoms with E-state index >= 15 is 0 Å². The van der Waals surface area contributed by atoms with Crippen molar-refractivity contribution in [2.24, 2.45) is 0 Å². The number of hydrogen-bond donors (Lipinski definition) is 0. The van der Waals surface area contributed by atoms with E-state index in [9.17, 15) is 0 Å². The zero-order chi connectivity index (χ0) is 41.0. The number of fused-ring (bicyclic) bond motifs is 6. The first-order valence-corrected chi connectivity index (χ1v) is 21.3. The lowest BCUT2D eigenvalue weighted by Gasteiger charge is -2.28. The molecule has 2 aromatic heterocycles. The summed E-state index contributed by atoms with van der Waals surface area (Å²) in [5.41, 5.74) is 19.1. The first-order chi connectivity index (χ1) is 30.7. The zero-order valence-corrected chi connectivity index (χ0v) is 34.0. The summed E-state index contributed by atoms with van der Waals surface area (Å²) in [6, 6.07) is 88.2. The molecule has 0 radical (unpaired) electrons. The monoisotopic (exact) mass is 788 g/mol. The number of para-hydroxylation sites is 2. The quantitative estimate of drug-likeness (QED) is 0.149. The maximum atomic E-state index is 2.46. The molecule has 12 aromatic rings. The van der Waals surface area contributed by atoms with E-state index in [-0.39, 0.29) is 0 Å². The third kappa shape index (κ3) is 6.04. The van der Waals surface area contributed by atoms with Crippen LogP contribution in [0, 0.1) is 0 Å². The molecule has 2 heteroatoms. The van der Waals surface area contributed by atoms with Crippen molar-refractivity contribution in [1.29, 1.82) is 0 Å². The molecule has 0 unspecified atom stereocenters. The van der Waals surface area contributed by atoms with Gasteiger partial charge in [-0.05, 0) is 105 Å². The molecule has 0 bridgehead atoms. The lowest BCUT2D eigenvalue weighted by Crippen LogP contribution is -2.11. The Morgan fingerprint density at radius 2 is 0.629 bits per heavy atom. The van der Waals surface area contributed by atoms with Crippen molar-refractivity contribution in [2.75, 3.05) is 4.90 Å². The summed E-state index contributed by atoms with van der Waals surface area (Å²) in [7, 11) is 0. The van der Waals surface area contributed by atoms with Crippen LogP contribution in [0.3, 0.4) is 0 Å². The Bertz CT molecular complexity index is 3430. The van der Waals surface area contributed by atoms with Crippen LogP contribution in [-0.2, 0) is 0 Å². The number of rotatable bonds is 8. The van der Waals surface area contributed by atoms with Crippen LogP contribution < -0.4 is 4.90 Å². The highest BCUT2D eigenvalue weighted by atomic mass is 15.1. The molecular weight excluding hydrogens is 749 g/mol. The van der Waals surface area contributed by atoms with Gasteiger partial charge in [0.15, 0.2) is 0 Å². The molecule has 0 spiro atoms. The van der Waals surface area contributed by atoms with Gasteiger partial charge in [-0.3, -0.25) is 0 Å². The fraction of sp³-hybridized carbons (Fsp3) is 0. The van der Waals surface area contributed by atoms with Gasteiger partial charge in [0.25, 0.3) is 0 Å². The molecule has 0 saturated carbocycles. The highest BCUT2D eigenvalue weighted by Gasteiger charge is 2.20. The Morgan fingerprint density at radius 3 is 1.13 bits per heavy atom. The van der Waals surface area contributed by atoms with E-state index in [4.69, 9.17) is 0 Å². The van der Waals surface area contributed by atoms with Gasteiger partial charge in [-0.1, -0.05) is 188 Å². The minimum atomic E-state index is 1.10. The molecule has 290 valence electrons. The van der Waals surface area contributed by atoms with Crippen LogP contribution in [0.4, 0.5) is 17.1 Å². The third-order valence-corrected chi connectivity index (χ3v) is 12.6. The van der Waals surface area contributed by atoms with Crippen LogP contribution in [0.2, 0.25) is 0 Å². The van der Waals surface area contributed by atoms with E-state index in [2.05, 4.69) is 252 Å². The lowest BCUT2D eigenvalue weighted by atomic mass is 9.97. The molecule has 2 heterocycles. The molecule has 0 fully saturated rings. The van der Waals surface area contributed by atoms with Crippen LogP contribution in [0.1, 0.15) is 0 Å². The molecule has 0 aliphatic rings. The predicted molar refractivity (Wildman–Crippen MR) is 263 cm³/mol. The van der Waals surface area contributed by atoms with Crippen molar-refractivity contribution < 1.29 is 0 Å². The number of hydrogen-bond acceptors (Lipinski definition) is 1. The number of aromatic nitrogens is 1. The van der Waals surface area contributed by atoms with Crippen LogP contribution in [-0.4, -0.2) is 4.40 Å². The second-order valence-electron chi connectivity index (χ2n) is 16.1. The van der Waals surface area contributed by atoms with Gasteiger partial charge in [0.2, 0.25) is 0 Å². The van der Waals surface area contributed by atoms with Gasteiger partial charge in [0.1, 0.15) is 0 Å². The average molecular weight is 789 g/mol. The van der Waals surface area contributed by atoms with E-state index < -0.39 is 0 Å². The Balaban J connectivity index is 0.918. The Kier molecular flexibility index (Phi) is 8.53. The standard InChI is InChI=1S/C60H40N2/c1-4-13-41(14-5-1)44-27-33-50(34-28-44)61(51-35-29-45(30-36-51)42-15-6-2-7-16-42)57-22-11-10-19-52(57)47-25-23-46(24-26-47)49-32-38-59-56(40-49)54-21-12-20-53-55-39-48(43-17-8-3-9-18-43)31-37-58(55)62(59)60(53)54/h1-40H. The topological polar surface area (TPSA) is 7.65 Å². The first-order valence-electron chi connectivity index (χ1n) is 21.3. The van der Waals surface area contributed by atoms with E-state index in [0.717, 1.165) is 17.1 Å². The molecule has 0 atom stereocenters. The van der Waals surface area contributed by atoms with Crippen molar-refractivity contribution >= 4 is 55.2 Å². The van der Waals surface area contributed by atoms with Crippen molar-refractivity contribution in [3.8, 4) is 55.6 Å². The molecule has 0 aliphatic heterocycles. The van der Waals surface area contributed by atoms with Gasteiger partial charge in [-0.25, -0.2) is 0 Å².